The molecule has 1 aliphatic carbocycles. The van der Waals surface area contributed by atoms with Gasteiger partial charge in [0.1, 0.15) is 0 Å². The van der Waals surface area contributed by atoms with E-state index in [4.69, 9.17) is 9.47 Å². The summed E-state index contributed by atoms with van der Waals surface area (Å²) in [4.78, 5) is 24.1. The van der Waals surface area contributed by atoms with Gasteiger partial charge < -0.3 is 9.47 Å². The third-order valence-corrected chi connectivity index (χ3v) is 4.34. The molecular weight excluding hydrogens is 256 g/mol. The van der Waals surface area contributed by atoms with Gasteiger partial charge in [-0.15, -0.1) is 0 Å². The number of carbonyl (C=O) groups is 2. The number of esters is 2. The van der Waals surface area contributed by atoms with Crippen molar-refractivity contribution >= 4 is 11.9 Å². The first-order valence-electron chi connectivity index (χ1n) is 7.66. The Kier molecular flexibility index (Phi) is 7.03. The molecule has 116 valence electrons. The van der Waals surface area contributed by atoms with Crippen LogP contribution < -0.4 is 0 Å². The van der Waals surface area contributed by atoms with Gasteiger partial charge in [-0.1, -0.05) is 46.0 Å². The van der Waals surface area contributed by atoms with Gasteiger partial charge in [0.05, 0.1) is 14.2 Å². The van der Waals surface area contributed by atoms with E-state index in [9.17, 15) is 9.59 Å². The average Bonchev–Trinajstić information content (AvgIpc) is 2.46. The fourth-order valence-corrected chi connectivity index (χ4v) is 3.41. The summed E-state index contributed by atoms with van der Waals surface area (Å²) in [6.07, 6.45) is 6.69. The number of hydrogen-bond donors (Lipinski definition) is 0. The van der Waals surface area contributed by atoms with E-state index in [2.05, 4.69) is 13.8 Å². The molecule has 0 aromatic carbocycles. The molecule has 20 heavy (non-hydrogen) atoms. The zero-order chi connectivity index (χ0) is 15.1. The molecule has 1 fully saturated rings. The van der Waals surface area contributed by atoms with Gasteiger partial charge in [0.25, 0.3) is 0 Å². The second kappa shape index (κ2) is 8.28. The van der Waals surface area contributed by atoms with E-state index < -0.39 is 17.9 Å². The Morgan fingerprint density at radius 3 is 1.90 bits per heavy atom. The zero-order valence-electron chi connectivity index (χ0n) is 13.2. The molecule has 0 heterocycles. The van der Waals surface area contributed by atoms with Crippen molar-refractivity contribution in [3.63, 3.8) is 0 Å². The Morgan fingerprint density at radius 2 is 1.50 bits per heavy atom. The normalized spacial score (nSPS) is 18.1. The molecule has 4 nitrogen and oxygen atoms in total. The Bertz CT molecular complexity index is 302. The second-order valence-corrected chi connectivity index (χ2v) is 6.22. The van der Waals surface area contributed by atoms with Crippen molar-refractivity contribution in [2.24, 2.45) is 23.7 Å². The molecule has 4 heteroatoms. The lowest BCUT2D eigenvalue weighted by Crippen LogP contribution is -2.38. The summed E-state index contributed by atoms with van der Waals surface area (Å²) in [6, 6.07) is 0. The molecule has 0 amide bonds. The molecule has 0 aliphatic heterocycles. The molecule has 0 saturated heterocycles. The molecule has 0 N–H and O–H groups in total. The second-order valence-electron chi connectivity index (χ2n) is 6.22. The maximum atomic E-state index is 12.1. The predicted octanol–water partition coefficient (Wildman–Crippen LogP) is 3.19. The van der Waals surface area contributed by atoms with Gasteiger partial charge in [-0.25, -0.2) is 0 Å². The smallest absolute Gasteiger partial charge is 0.320 e. The summed E-state index contributed by atoms with van der Waals surface area (Å²) in [5, 5.41) is 0. The van der Waals surface area contributed by atoms with Crippen molar-refractivity contribution in [1.82, 2.24) is 0 Å². The lowest BCUT2D eigenvalue weighted by molar-refractivity contribution is -0.163. The van der Waals surface area contributed by atoms with Crippen LogP contribution in [0.25, 0.3) is 0 Å². The summed E-state index contributed by atoms with van der Waals surface area (Å²) in [5.74, 6) is -0.764. The molecular formula is C16H28O4. The van der Waals surface area contributed by atoms with Crippen LogP contribution >= 0.6 is 0 Å². The van der Waals surface area contributed by atoms with Crippen LogP contribution in [0.5, 0.6) is 0 Å². The number of hydrogen-bond acceptors (Lipinski definition) is 4. The van der Waals surface area contributed by atoms with Crippen molar-refractivity contribution in [3.8, 4) is 0 Å². The molecule has 1 rings (SSSR count). The summed E-state index contributed by atoms with van der Waals surface area (Å²) in [6.45, 7) is 4.25. The Labute approximate surface area is 122 Å². The lowest BCUT2D eigenvalue weighted by atomic mass is 9.71. The highest BCUT2D eigenvalue weighted by molar-refractivity contribution is 5.95. The minimum absolute atomic E-state index is 0.0372. The zero-order valence-corrected chi connectivity index (χ0v) is 13.2. The van der Waals surface area contributed by atoms with E-state index in [-0.39, 0.29) is 5.92 Å². The van der Waals surface area contributed by atoms with Crippen molar-refractivity contribution < 1.29 is 19.1 Å². The lowest BCUT2D eigenvalue weighted by Gasteiger charge is -2.34. The predicted molar refractivity (Wildman–Crippen MR) is 77.0 cm³/mol. The Balaban J connectivity index is 2.96. The van der Waals surface area contributed by atoms with Crippen molar-refractivity contribution in [2.75, 3.05) is 14.2 Å². The third kappa shape index (κ3) is 4.50. The van der Waals surface area contributed by atoms with Crippen LogP contribution in [0.2, 0.25) is 0 Å². The topological polar surface area (TPSA) is 52.6 Å². The summed E-state index contributed by atoms with van der Waals surface area (Å²) < 4.78 is 9.70. The molecule has 0 spiro atoms. The van der Waals surface area contributed by atoms with Gasteiger partial charge in [0.15, 0.2) is 5.92 Å². The number of methoxy groups -OCH3 is 2. The van der Waals surface area contributed by atoms with E-state index in [0.717, 1.165) is 19.3 Å². The average molecular weight is 284 g/mol. The van der Waals surface area contributed by atoms with Crippen molar-refractivity contribution in [1.29, 1.82) is 0 Å². The van der Waals surface area contributed by atoms with Crippen LogP contribution in [-0.4, -0.2) is 26.2 Å². The molecule has 0 bridgehead atoms. The highest BCUT2D eigenvalue weighted by Crippen LogP contribution is 2.38. The van der Waals surface area contributed by atoms with Crippen LogP contribution in [0.3, 0.4) is 0 Å². The summed E-state index contributed by atoms with van der Waals surface area (Å²) in [7, 11) is 2.68. The van der Waals surface area contributed by atoms with E-state index >= 15 is 0 Å². The number of ether oxygens (including phenoxy) is 2. The third-order valence-electron chi connectivity index (χ3n) is 4.34. The maximum absolute atomic E-state index is 12.1. The minimum Gasteiger partial charge on any atom is -0.468 e. The van der Waals surface area contributed by atoms with Crippen molar-refractivity contribution in [2.45, 2.75) is 52.4 Å². The molecule has 0 aromatic rings. The monoisotopic (exact) mass is 284 g/mol. The van der Waals surface area contributed by atoms with Crippen LogP contribution in [0.1, 0.15) is 52.4 Å². The van der Waals surface area contributed by atoms with E-state index in [0.29, 0.717) is 11.8 Å². The highest BCUT2D eigenvalue weighted by atomic mass is 16.5. The van der Waals surface area contributed by atoms with E-state index in [1.807, 2.05) is 0 Å². The van der Waals surface area contributed by atoms with E-state index in [1.54, 1.807) is 0 Å². The van der Waals surface area contributed by atoms with Gasteiger partial charge in [-0.05, 0) is 24.2 Å². The van der Waals surface area contributed by atoms with Gasteiger partial charge in [0.2, 0.25) is 0 Å². The number of carbonyl (C=O) groups excluding carboxylic acids is 2. The SMILES string of the molecule is COC(=O)C(C(=O)OC)C(CC(C)C)C1CCCCC1. The van der Waals surface area contributed by atoms with Gasteiger partial charge in [-0.2, -0.15) is 0 Å². The fourth-order valence-electron chi connectivity index (χ4n) is 3.41. The van der Waals surface area contributed by atoms with Crippen molar-refractivity contribution in [3.05, 3.63) is 0 Å². The van der Waals surface area contributed by atoms with Gasteiger partial charge >= 0.3 is 11.9 Å². The first-order valence-corrected chi connectivity index (χ1v) is 7.66. The summed E-state index contributed by atoms with van der Waals surface area (Å²) >= 11 is 0. The van der Waals surface area contributed by atoms with Crippen LogP contribution in [0.15, 0.2) is 0 Å². The Hall–Kier alpha value is -1.06. The van der Waals surface area contributed by atoms with Gasteiger partial charge in [0, 0.05) is 0 Å². The van der Waals surface area contributed by atoms with Gasteiger partial charge in [-0.3, -0.25) is 9.59 Å². The first kappa shape index (κ1) is 17.0. The van der Waals surface area contributed by atoms with Crippen LogP contribution in [0.4, 0.5) is 0 Å². The van der Waals surface area contributed by atoms with E-state index in [1.165, 1.54) is 33.5 Å². The standard InChI is InChI=1S/C16H28O4/c1-11(2)10-13(12-8-6-5-7-9-12)14(15(17)19-3)16(18)20-4/h11-14H,5-10H2,1-4H3. The molecule has 0 radical (unpaired) electrons. The number of rotatable bonds is 6. The quantitative estimate of drug-likeness (QED) is 0.555. The highest BCUT2D eigenvalue weighted by Gasteiger charge is 2.41. The largest absolute Gasteiger partial charge is 0.468 e. The first-order chi connectivity index (χ1) is 9.51. The minimum atomic E-state index is -0.768. The van der Waals surface area contributed by atoms with Crippen LogP contribution in [-0.2, 0) is 19.1 Å². The Morgan fingerprint density at radius 1 is 1.00 bits per heavy atom. The molecule has 1 saturated carbocycles. The summed E-state index contributed by atoms with van der Waals surface area (Å²) in [5.41, 5.74) is 0. The van der Waals surface area contributed by atoms with Crippen LogP contribution in [0, 0.1) is 23.7 Å². The molecule has 1 unspecified atom stereocenters. The molecule has 0 aromatic heterocycles. The maximum Gasteiger partial charge on any atom is 0.320 e. The molecule has 1 aliphatic rings. The molecule has 1 atom stereocenters. The fraction of sp³-hybridized carbons (Fsp3) is 0.875.